The van der Waals surface area contributed by atoms with Crippen LogP contribution in [0.1, 0.15) is 22.5 Å². The number of hydrogen-bond acceptors (Lipinski definition) is 2. The van der Waals surface area contributed by atoms with Crippen molar-refractivity contribution in [3.63, 3.8) is 0 Å². The monoisotopic (exact) mass is 258 g/mol. The van der Waals surface area contributed by atoms with Gasteiger partial charge in [-0.15, -0.1) is 0 Å². The summed E-state index contributed by atoms with van der Waals surface area (Å²) in [7, 11) is 0. The minimum absolute atomic E-state index is 0.0886. The van der Waals surface area contributed by atoms with Gasteiger partial charge in [-0.1, -0.05) is 30.3 Å². The van der Waals surface area contributed by atoms with Crippen molar-refractivity contribution < 1.29 is 9.90 Å². The van der Waals surface area contributed by atoms with Crippen molar-refractivity contribution in [1.29, 1.82) is 0 Å². The predicted octanol–water partition coefficient (Wildman–Crippen LogP) is 1.65. The van der Waals surface area contributed by atoms with E-state index in [9.17, 15) is 4.79 Å². The third kappa shape index (κ3) is 3.69. The topological polar surface area (TPSA) is 54.3 Å². The van der Waals surface area contributed by atoms with Crippen molar-refractivity contribution >= 4 is 5.91 Å². The number of carbonyl (C=O) groups is 1. The molecule has 1 heterocycles. The summed E-state index contributed by atoms with van der Waals surface area (Å²) in [6.07, 6.45) is 2.47. The Morgan fingerprint density at radius 1 is 1.16 bits per heavy atom. The van der Waals surface area contributed by atoms with Crippen molar-refractivity contribution in [3.8, 4) is 0 Å². The maximum absolute atomic E-state index is 12.0. The van der Waals surface area contributed by atoms with Crippen LogP contribution in [0.5, 0.6) is 0 Å². The van der Waals surface area contributed by atoms with Crippen molar-refractivity contribution in [3.05, 3.63) is 59.9 Å². The van der Waals surface area contributed by atoms with Crippen LogP contribution in [0, 0.1) is 0 Å². The van der Waals surface area contributed by atoms with E-state index >= 15 is 0 Å². The fourth-order valence-corrected chi connectivity index (χ4v) is 1.91. The van der Waals surface area contributed by atoms with Gasteiger partial charge >= 0.3 is 0 Å². The summed E-state index contributed by atoms with van der Waals surface area (Å²) in [5.41, 5.74) is 1.80. The summed E-state index contributed by atoms with van der Waals surface area (Å²) in [6, 6.07) is 13.7. The molecule has 0 aliphatic heterocycles. The molecular weight excluding hydrogens is 240 g/mol. The van der Waals surface area contributed by atoms with Gasteiger partial charge in [-0.3, -0.25) is 4.79 Å². The first-order valence-corrected chi connectivity index (χ1v) is 6.39. The lowest BCUT2D eigenvalue weighted by Crippen LogP contribution is -2.27. The fourth-order valence-electron chi connectivity index (χ4n) is 1.91. The summed E-state index contributed by atoms with van der Waals surface area (Å²) in [4.78, 5) is 12.0. The molecule has 2 rings (SSSR count). The lowest BCUT2D eigenvalue weighted by atomic mass is 10.2. The van der Waals surface area contributed by atoms with E-state index in [0.717, 1.165) is 5.56 Å². The lowest BCUT2D eigenvalue weighted by molar-refractivity contribution is 0.0942. The first kappa shape index (κ1) is 13.4. The zero-order valence-corrected chi connectivity index (χ0v) is 10.7. The minimum atomic E-state index is -0.102. The largest absolute Gasteiger partial charge is 0.396 e. The quantitative estimate of drug-likeness (QED) is 0.774. The van der Waals surface area contributed by atoms with Crippen LogP contribution >= 0.6 is 0 Å². The van der Waals surface area contributed by atoms with Crippen LogP contribution in [0.25, 0.3) is 0 Å². The number of aliphatic hydroxyl groups is 1. The highest BCUT2D eigenvalue weighted by Gasteiger charge is 2.10. The summed E-state index contributed by atoms with van der Waals surface area (Å²) < 4.78 is 1.92. The Hall–Kier alpha value is -2.07. The standard InChI is InChI=1S/C15H18N2O2/c18-11-5-9-16-15(19)14-8-4-10-17(14)12-13-6-2-1-3-7-13/h1-4,6-8,10,18H,5,9,11-12H2,(H,16,19). The SMILES string of the molecule is O=C(NCCCO)c1cccn1Cc1ccccc1. The van der Waals surface area contributed by atoms with Gasteiger partial charge in [0.25, 0.3) is 5.91 Å². The molecule has 0 atom stereocenters. The maximum Gasteiger partial charge on any atom is 0.267 e. The number of aliphatic hydroxyl groups excluding tert-OH is 1. The molecule has 0 aliphatic carbocycles. The number of amides is 1. The molecule has 0 unspecified atom stereocenters. The molecule has 0 bridgehead atoms. The summed E-state index contributed by atoms with van der Waals surface area (Å²) in [6.45, 7) is 1.26. The first-order valence-electron chi connectivity index (χ1n) is 6.39. The molecule has 1 aromatic heterocycles. The van der Waals surface area contributed by atoms with Crippen LogP contribution in [0.2, 0.25) is 0 Å². The zero-order chi connectivity index (χ0) is 13.5. The molecule has 4 nitrogen and oxygen atoms in total. The molecule has 0 fully saturated rings. The Kier molecular flexibility index (Phi) is 4.75. The second-order valence-electron chi connectivity index (χ2n) is 4.34. The molecule has 0 radical (unpaired) electrons. The van der Waals surface area contributed by atoms with Gasteiger partial charge in [0, 0.05) is 25.9 Å². The number of hydrogen-bond donors (Lipinski definition) is 2. The Morgan fingerprint density at radius 3 is 2.68 bits per heavy atom. The number of nitrogens with zero attached hydrogens (tertiary/aromatic N) is 1. The molecular formula is C15H18N2O2. The Labute approximate surface area is 112 Å². The molecule has 4 heteroatoms. The molecule has 0 saturated heterocycles. The molecule has 2 aromatic rings. The van der Waals surface area contributed by atoms with Crippen molar-refractivity contribution in [1.82, 2.24) is 9.88 Å². The summed E-state index contributed by atoms with van der Waals surface area (Å²) >= 11 is 0. The average Bonchev–Trinajstić information content (AvgIpc) is 2.88. The van der Waals surface area contributed by atoms with Crippen LogP contribution in [0.3, 0.4) is 0 Å². The molecule has 1 aromatic carbocycles. The van der Waals surface area contributed by atoms with Gasteiger partial charge in [0.15, 0.2) is 0 Å². The highest BCUT2D eigenvalue weighted by Crippen LogP contribution is 2.07. The van der Waals surface area contributed by atoms with E-state index in [0.29, 0.717) is 25.2 Å². The van der Waals surface area contributed by atoms with E-state index in [-0.39, 0.29) is 12.5 Å². The summed E-state index contributed by atoms with van der Waals surface area (Å²) in [5.74, 6) is -0.102. The van der Waals surface area contributed by atoms with Gasteiger partial charge < -0.3 is 15.0 Å². The van der Waals surface area contributed by atoms with E-state index in [1.165, 1.54) is 0 Å². The molecule has 1 amide bonds. The molecule has 0 spiro atoms. The summed E-state index contributed by atoms with van der Waals surface area (Å²) in [5, 5.41) is 11.5. The van der Waals surface area contributed by atoms with Gasteiger partial charge in [-0.25, -0.2) is 0 Å². The normalized spacial score (nSPS) is 10.4. The van der Waals surface area contributed by atoms with Crippen molar-refractivity contribution in [2.75, 3.05) is 13.2 Å². The number of nitrogens with one attached hydrogen (secondary N) is 1. The predicted molar refractivity (Wildman–Crippen MR) is 74.0 cm³/mol. The molecule has 2 N–H and O–H groups in total. The van der Waals surface area contributed by atoms with E-state index in [1.807, 2.05) is 47.2 Å². The third-order valence-corrected chi connectivity index (χ3v) is 2.88. The first-order chi connectivity index (χ1) is 9.31. The van der Waals surface area contributed by atoms with E-state index in [2.05, 4.69) is 5.32 Å². The van der Waals surface area contributed by atoms with E-state index in [4.69, 9.17) is 5.11 Å². The number of carbonyl (C=O) groups excluding carboxylic acids is 1. The van der Waals surface area contributed by atoms with Gasteiger partial charge in [-0.2, -0.15) is 0 Å². The van der Waals surface area contributed by atoms with E-state index in [1.54, 1.807) is 6.07 Å². The Balaban J connectivity index is 2.03. The highest BCUT2D eigenvalue weighted by molar-refractivity contribution is 5.92. The number of benzene rings is 1. The van der Waals surface area contributed by atoms with Crippen molar-refractivity contribution in [2.24, 2.45) is 0 Å². The van der Waals surface area contributed by atoms with Gasteiger partial charge in [0.1, 0.15) is 5.69 Å². The van der Waals surface area contributed by atoms with Crippen LogP contribution < -0.4 is 5.32 Å². The minimum Gasteiger partial charge on any atom is -0.396 e. The fraction of sp³-hybridized carbons (Fsp3) is 0.267. The molecule has 19 heavy (non-hydrogen) atoms. The third-order valence-electron chi connectivity index (χ3n) is 2.88. The Morgan fingerprint density at radius 2 is 1.95 bits per heavy atom. The average molecular weight is 258 g/mol. The number of aromatic nitrogens is 1. The molecule has 100 valence electrons. The van der Waals surface area contributed by atoms with Gasteiger partial charge in [0.2, 0.25) is 0 Å². The van der Waals surface area contributed by atoms with Crippen LogP contribution in [0.15, 0.2) is 48.7 Å². The van der Waals surface area contributed by atoms with Crippen LogP contribution in [-0.2, 0) is 6.54 Å². The second kappa shape index (κ2) is 6.75. The molecule has 0 saturated carbocycles. The highest BCUT2D eigenvalue weighted by atomic mass is 16.3. The second-order valence-corrected chi connectivity index (χ2v) is 4.34. The van der Waals surface area contributed by atoms with Gasteiger partial charge in [-0.05, 0) is 24.1 Å². The Bertz CT molecular complexity index is 520. The van der Waals surface area contributed by atoms with Crippen molar-refractivity contribution in [2.45, 2.75) is 13.0 Å². The maximum atomic E-state index is 12.0. The van der Waals surface area contributed by atoms with Crippen LogP contribution in [-0.4, -0.2) is 28.7 Å². The zero-order valence-electron chi connectivity index (χ0n) is 10.7. The smallest absolute Gasteiger partial charge is 0.267 e. The molecule has 0 aliphatic rings. The lowest BCUT2D eigenvalue weighted by Gasteiger charge is -2.09. The van der Waals surface area contributed by atoms with Gasteiger partial charge in [0.05, 0.1) is 0 Å². The van der Waals surface area contributed by atoms with Crippen LogP contribution in [0.4, 0.5) is 0 Å². The number of rotatable bonds is 6. The van der Waals surface area contributed by atoms with E-state index < -0.39 is 0 Å².